The van der Waals surface area contributed by atoms with Gasteiger partial charge in [-0.3, -0.25) is 0 Å². The van der Waals surface area contributed by atoms with Gasteiger partial charge in [0.25, 0.3) is 0 Å². The standard InChI is InChI=1S/C4H4O4.Fe/c5-3(6)1-2-4(7)8;/h1-2H,(H,5,6)(H,7,8);. The molecular formula is C4H4FeO4. The molecule has 0 amide bonds. The van der Waals surface area contributed by atoms with E-state index in [1.54, 1.807) is 0 Å². The molecule has 0 heterocycles. The first-order chi connectivity index (χ1) is 3.63. The van der Waals surface area contributed by atoms with Crippen LogP contribution in [0.25, 0.3) is 0 Å². The van der Waals surface area contributed by atoms with Crippen molar-refractivity contribution in [2.24, 2.45) is 0 Å². The molecule has 9 heavy (non-hydrogen) atoms. The Balaban J connectivity index is 0. The maximum atomic E-state index is 9.55. The summed E-state index contributed by atoms with van der Waals surface area (Å²) in [5.41, 5.74) is 0. The third-order valence-corrected chi connectivity index (χ3v) is 0.368. The first-order valence-electron chi connectivity index (χ1n) is 1.77. The smallest absolute Gasteiger partial charge is 0.328 e. The van der Waals surface area contributed by atoms with E-state index in [0.29, 0.717) is 12.2 Å². The van der Waals surface area contributed by atoms with Gasteiger partial charge in [0.1, 0.15) is 0 Å². The van der Waals surface area contributed by atoms with Gasteiger partial charge in [0.15, 0.2) is 0 Å². The van der Waals surface area contributed by atoms with Gasteiger partial charge in [-0.25, -0.2) is 9.59 Å². The number of carboxylic acids is 2. The van der Waals surface area contributed by atoms with Crippen molar-refractivity contribution in [1.82, 2.24) is 0 Å². The zero-order valence-electron chi connectivity index (χ0n) is 4.22. The van der Waals surface area contributed by atoms with Crippen molar-refractivity contribution in [2.45, 2.75) is 0 Å². The minimum absolute atomic E-state index is 0. The second-order valence-corrected chi connectivity index (χ2v) is 1.01. The topological polar surface area (TPSA) is 74.6 Å². The first-order valence-corrected chi connectivity index (χ1v) is 1.77. The Morgan fingerprint density at radius 2 is 1.22 bits per heavy atom. The van der Waals surface area contributed by atoms with Crippen LogP contribution in [0, 0.1) is 0 Å². The molecule has 0 radical (unpaired) electrons. The summed E-state index contributed by atoms with van der Waals surface area (Å²) in [5, 5.41) is 15.6. The Labute approximate surface area is 61.7 Å². The summed E-state index contributed by atoms with van der Waals surface area (Å²) in [7, 11) is 0. The zero-order chi connectivity index (χ0) is 6.57. The summed E-state index contributed by atoms with van der Waals surface area (Å²) in [4.78, 5) is 19.1. The van der Waals surface area contributed by atoms with E-state index >= 15 is 0 Å². The molecule has 0 saturated carbocycles. The van der Waals surface area contributed by atoms with Crippen LogP contribution in [-0.4, -0.2) is 22.2 Å². The number of rotatable bonds is 2. The molecule has 0 rings (SSSR count). The van der Waals surface area contributed by atoms with Crippen LogP contribution in [0.4, 0.5) is 0 Å². The molecule has 0 atom stereocenters. The average molecular weight is 172 g/mol. The number of hydrogen-bond donors (Lipinski definition) is 2. The van der Waals surface area contributed by atoms with Crippen LogP contribution in [0.3, 0.4) is 0 Å². The Morgan fingerprint density at radius 3 is 1.33 bits per heavy atom. The summed E-state index contributed by atoms with van der Waals surface area (Å²) in [6.45, 7) is 0. The van der Waals surface area contributed by atoms with E-state index in [2.05, 4.69) is 0 Å². The van der Waals surface area contributed by atoms with E-state index in [-0.39, 0.29) is 17.1 Å². The first kappa shape index (κ1) is 11.1. The van der Waals surface area contributed by atoms with Crippen molar-refractivity contribution in [2.75, 3.05) is 0 Å². The van der Waals surface area contributed by atoms with Crippen LogP contribution < -0.4 is 0 Å². The van der Waals surface area contributed by atoms with E-state index < -0.39 is 11.9 Å². The Bertz CT molecular complexity index is 124. The van der Waals surface area contributed by atoms with Crippen molar-refractivity contribution in [1.29, 1.82) is 0 Å². The monoisotopic (exact) mass is 172 g/mol. The summed E-state index contributed by atoms with van der Waals surface area (Å²) in [6, 6.07) is 0. The van der Waals surface area contributed by atoms with Gasteiger partial charge >= 0.3 is 11.9 Å². The van der Waals surface area contributed by atoms with Crippen LogP contribution >= 0.6 is 0 Å². The Kier molecular flexibility index (Phi) is 6.56. The van der Waals surface area contributed by atoms with E-state index in [1.807, 2.05) is 0 Å². The second kappa shape index (κ2) is 5.34. The van der Waals surface area contributed by atoms with Gasteiger partial charge in [-0.2, -0.15) is 0 Å². The quantitative estimate of drug-likeness (QED) is 0.443. The molecule has 0 aliphatic heterocycles. The van der Waals surface area contributed by atoms with E-state index in [4.69, 9.17) is 10.2 Å². The van der Waals surface area contributed by atoms with Crippen molar-refractivity contribution in [3.8, 4) is 0 Å². The van der Waals surface area contributed by atoms with Crippen LogP contribution in [-0.2, 0) is 26.7 Å². The molecule has 0 aliphatic rings. The average Bonchev–Trinajstić information content (AvgIpc) is 1.61. The third kappa shape index (κ3) is 11.0. The fraction of sp³-hybridized carbons (Fsp3) is 0. The van der Waals surface area contributed by atoms with Gasteiger partial charge < -0.3 is 10.2 Å². The molecule has 0 unspecified atom stereocenters. The number of hydrogen-bond acceptors (Lipinski definition) is 2. The molecule has 0 fully saturated rings. The fourth-order valence-corrected chi connectivity index (χ4v) is 0.143. The Hall–Kier alpha value is -0.801. The molecule has 0 aromatic rings. The van der Waals surface area contributed by atoms with Gasteiger partial charge in [0.05, 0.1) is 0 Å². The second-order valence-electron chi connectivity index (χ2n) is 1.01. The maximum Gasteiger partial charge on any atom is 0.328 e. The summed E-state index contributed by atoms with van der Waals surface area (Å²) >= 11 is 0. The summed E-state index contributed by atoms with van der Waals surface area (Å²) in [5.74, 6) is -2.51. The fourth-order valence-electron chi connectivity index (χ4n) is 0.143. The van der Waals surface area contributed by atoms with Gasteiger partial charge in [-0.1, -0.05) is 0 Å². The SMILES string of the molecule is O=C(O)C=CC(=O)O.[Fe]. The van der Waals surface area contributed by atoms with Crippen molar-refractivity contribution < 1.29 is 36.9 Å². The molecule has 0 spiro atoms. The van der Waals surface area contributed by atoms with Crippen LogP contribution in [0.15, 0.2) is 12.2 Å². The van der Waals surface area contributed by atoms with Gasteiger partial charge in [0, 0.05) is 29.2 Å². The van der Waals surface area contributed by atoms with Gasteiger partial charge in [-0.05, 0) is 0 Å². The number of aliphatic carboxylic acids is 2. The maximum absolute atomic E-state index is 9.55. The van der Waals surface area contributed by atoms with Crippen molar-refractivity contribution >= 4 is 11.9 Å². The third-order valence-electron chi connectivity index (χ3n) is 0.368. The van der Waals surface area contributed by atoms with Gasteiger partial charge in [-0.15, -0.1) is 0 Å². The minimum Gasteiger partial charge on any atom is -0.478 e. The summed E-state index contributed by atoms with van der Waals surface area (Å²) in [6.07, 6.45) is 1.12. The molecule has 0 saturated heterocycles. The van der Waals surface area contributed by atoms with Crippen molar-refractivity contribution in [3.05, 3.63) is 12.2 Å². The molecule has 2 N–H and O–H groups in total. The van der Waals surface area contributed by atoms with E-state index in [1.165, 1.54) is 0 Å². The zero-order valence-corrected chi connectivity index (χ0v) is 5.32. The number of carbonyl (C=O) groups is 2. The van der Waals surface area contributed by atoms with E-state index in [9.17, 15) is 9.59 Å². The van der Waals surface area contributed by atoms with Gasteiger partial charge in [0.2, 0.25) is 0 Å². The predicted molar refractivity (Wildman–Crippen MR) is 24.4 cm³/mol. The number of carboxylic acid groups (broad SMARTS) is 2. The minimum atomic E-state index is -1.26. The molecule has 52 valence electrons. The van der Waals surface area contributed by atoms with E-state index in [0.717, 1.165) is 0 Å². The van der Waals surface area contributed by atoms with Crippen molar-refractivity contribution in [3.63, 3.8) is 0 Å². The molecule has 0 aromatic carbocycles. The Morgan fingerprint density at radius 1 is 1.00 bits per heavy atom. The molecule has 0 aromatic heterocycles. The normalized spacial score (nSPS) is 8.44. The molecule has 0 aliphatic carbocycles. The molecule has 4 nitrogen and oxygen atoms in total. The largest absolute Gasteiger partial charge is 0.478 e. The van der Waals surface area contributed by atoms with Crippen LogP contribution in [0.2, 0.25) is 0 Å². The summed E-state index contributed by atoms with van der Waals surface area (Å²) < 4.78 is 0. The molecule has 5 heteroatoms. The molecule has 0 bridgehead atoms. The van der Waals surface area contributed by atoms with Crippen LogP contribution in [0.1, 0.15) is 0 Å². The van der Waals surface area contributed by atoms with Crippen LogP contribution in [0.5, 0.6) is 0 Å². The predicted octanol–water partition coefficient (Wildman–Crippen LogP) is -0.291. The molecular weight excluding hydrogens is 168 g/mol.